The highest BCUT2D eigenvalue weighted by atomic mass is 16.5. The van der Waals surface area contributed by atoms with Crippen molar-refractivity contribution in [1.29, 1.82) is 0 Å². The zero-order valence-electron chi connectivity index (χ0n) is 13.3. The number of hydrogen-bond donors (Lipinski definition) is 2. The van der Waals surface area contributed by atoms with E-state index in [0.717, 1.165) is 50.8 Å². The smallest absolute Gasteiger partial charge is 0.191 e. The molecule has 1 aromatic rings. The van der Waals surface area contributed by atoms with Crippen molar-refractivity contribution in [2.45, 2.75) is 39.7 Å². The van der Waals surface area contributed by atoms with Crippen molar-refractivity contribution in [3.63, 3.8) is 0 Å². The molecule has 0 unspecified atom stereocenters. The van der Waals surface area contributed by atoms with Crippen LogP contribution in [0.1, 0.15) is 38.8 Å². The second kappa shape index (κ2) is 12.1. The van der Waals surface area contributed by atoms with E-state index in [-0.39, 0.29) is 0 Å². The highest BCUT2D eigenvalue weighted by Gasteiger charge is 1.97. The summed E-state index contributed by atoms with van der Waals surface area (Å²) in [6, 6.07) is 5.87. The number of unbranched alkanes of at least 4 members (excludes halogenated alkanes) is 1. The molecule has 0 spiro atoms. The lowest BCUT2D eigenvalue weighted by atomic mass is 10.3. The number of rotatable bonds is 10. The van der Waals surface area contributed by atoms with Crippen molar-refractivity contribution in [3.05, 3.63) is 30.1 Å². The molecular formula is C16H28N4O. The predicted molar refractivity (Wildman–Crippen MR) is 87.4 cm³/mol. The SMILES string of the molecule is CCCCOCCCNC(=NCc1ccccn1)NCC. The molecule has 118 valence electrons. The maximum absolute atomic E-state index is 5.53. The summed E-state index contributed by atoms with van der Waals surface area (Å²) in [6.45, 7) is 8.19. The van der Waals surface area contributed by atoms with E-state index < -0.39 is 0 Å². The maximum atomic E-state index is 5.53. The van der Waals surface area contributed by atoms with E-state index in [2.05, 4.69) is 34.5 Å². The third-order valence-electron chi connectivity index (χ3n) is 2.87. The lowest BCUT2D eigenvalue weighted by Gasteiger charge is -2.11. The molecule has 0 aliphatic heterocycles. The van der Waals surface area contributed by atoms with Crippen molar-refractivity contribution in [1.82, 2.24) is 15.6 Å². The predicted octanol–water partition coefficient (Wildman–Crippen LogP) is 2.34. The van der Waals surface area contributed by atoms with Gasteiger partial charge in [0.2, 0.25) is 0 Å². The topological polar surface area (TPSA) is 58.5 Å². The van der Waals surface area contributed by atoms with Gasteiger partial charge < -0.3 is 15.4 Å². The third-order valence-corrected chi connectivity index (χ3v) is 2.87. The fourth-order valence-electron chi connectivity index (χ4n) is 1.72. The summed E-state index contributed by atoms with van der Waals surface area (Å²) >= 11 is 0. The van der Waals surface area contributed by atoms with Gasteiger partial charge in [0, 0.05) is 32.5 Å². The van der Waals surface area contributed by atoms with Crippen LogP contribution in [0.15, 0.2) is 29.4 Å². The van der Waals surface area contributed by atoms with Gasteiger partial charge in [0.15, 0.2) is 5.96 Å². The Morgan fingerprint density at radius 3 is 2.76 bits per heavy atom. The summed E-state index contributed by atoms with van der Waals surface area (Å²) in [7, 11) is 0. The molecule has 0 aliphatic rings. The highest BCUT2D eigenvalue weighted by Crippen LogP contribution is 1.95. The summed E-state index contributed by atoms with van der Waals surface area (Å²) in [4.78, 5) is 8.79. The van der Waals surface area contributed by atoms with Crippen LogP contribution in [0.5, 0.6) is 0 Å². The van der Waals surface area contributed by atoms with E-state index in [9.17, 15) is 0 Å². The number of hydrogen-bond acceptors (Lipinski definition) is 3. The van der Waals surface area contributed by atoms with Gasteiger partial charge in [0.1, 0.15) is 0 Å². The van der Waals surface area contributed by atoms with E-state index in [0.29, 0.717) is 6.54 Å². The van der Waals surface area contributed by atoms with Crippen LogP contribution < -0.4 is 10.6 Å². The van der Waals surface area contributed by atoms with Crippen LogP contribution in [0.3, 0.4) is 0 Å². The Kier molecular flexibility index (Phi) is 10.1. The zero-order valence-corrected chi connectivity index (χ0v) is 13.3. The minimum Gasteiger partial charge on any atom is -0.381 e. The Bertz CT molecular complexity index is 381. The molecule has 0 bridgehead atoms. The molecule has 1 heterocycles. The fraction of sp³-hybridized carbons (Fsp3) is 0.625. The first-order valence-electron chi connectivity index (χ1n) is 7.86. The number of aromatic nitrogens is 1. The molecule has 0 aliphatic carbocycles. The van der Waals surface area contributed by atoms with Gasteiger partial charge in [0.25, 0.3) is 0 Å². The number of pyridine rings is 1. The highest BCUT2D eigenvalue weighted by molar-refractivity contribution is 5.79. The number of nitrogens with zero attached hydrogens (tertiary/aromatic N) is 2. The first-order chi connectivity index (χ1) is 10.4. The van der Waals surface area contributed by atoms with Crippen molar-refractivity contribution in [2.24, 2.45) is 4.99 Å². The fourth-order valence-corrected chi connectivity index (χ4v) is 1.72. The Balaban J connectivity index is 2.23. The molecule has 0 atom stereocenters. The summed E-state index contributed by atoms with van der Waals surface area (Å²) in [5.41, 5.74) is 0.970. The minimum atomic E-state index is 0.586. The summed E-state index contributed by atoms with van der Waals surface area (Å²) < 4.78 is 5.53. The number of aliphatic imine (C=N–C) groups is 1. The molecule has 0 fully saturated rings. The van der Waals surface area contributed by atoms with Gasteiger partial charge in [-0.25, -0.2) is 4.99 Å². The molecule has 5 nitrogen and oxygen atoms in total. The van der Waals surface area contributed by atoms with Gasteiger partial charge in [-0.05, 0) is 31.9 Å². The number of ether oxygens (including phenoxy) is 1. The summed E-state index contributed by atoms with van der Waals surface area (Å²) in [6.07, 6.45) is 5.10. The van der Waals surface area contributed by atoms with Crippen LogP contribution in [0.2, 0.25) is 0 Å². The maximum Gasteiger partial charge on any atom is 0.191 e. The third kappa shape index (κ3) is 9.02. The molecule has 21 heavy (non-hydrogen) atoms. The molecule has 0 saturated heterocycles. The zero-order chi connectivity index (χ0) is 15.2. The quantitative estimate of drug-likeness (QED) is 0.395. The van der Waals surface area contributed by atoms with Gasteiger partial charge in [-0.2, -0.15) is 0 Å². The first-order valence-corrected chi connectivity index (χ1v) is 7.86. The molecule has 2 N–H and O–H groups in total. The normalized spacial score (nSPS) is 11.4. The standard InChI is InChI=1S/C16H28N4O/c1-3-5-12-21-13-8-11-19-16(17-4-2)20-14-15-9-6-7-10-18-15/h6-7,9-10H,3-5,8,11-14H2,1-2H3,(H2,17,19,20). The Morgan fingerprint density at radius 2 is 2.05 bits per heavy atom. The lowest BCUT2D eigenvalue weighted by Crippen LogP contribution is -2.38. The van der Waals surface area contributed by atoms with Crippen LogP contribution in [0.25, 0.3) is 0 Å². The number of guanidine groups is 1. The second-order valence-corrected chi connectivity index (χ2v) is 4.76. The average molecular weight is 292 g/mol. The van der Waals surface area contributed by atoms with Crippen molar-refractivity contribution < 1.29 is 4.74 Å². The van der Waals surface area contributed by atoms with Gasteiger partial charge in [-0.1, -0.05) is 19.4 Å². The van der Waals surface area contributed by atoms with E-state index in [1.165, 1.54) is 6.42 Å². The van der Waals surface area contributed by atoms with Crippen molar-refractivity contribution in [3.8, 4) is 0 Å². The van der Waals surface area contributed by atoms with Crippen LogP contribution in [0, 0.1) is 0 Å². The largest absolute Gasteiger partial charge is 0.381 e. The van der Waals surface area contributed by atoms with Crippen LogP contribution in [-0.2, 0) is 11.3 Å². The molecule has 1 rings (SSSR count). The second-order valence-electron chi connectivity index (χ2n) is 4.76. The Hall–Kier alpha value is -1.62. The molecule has 0 amide bonds. The molecule has 0 aromatic carbocycles. The number of nitrogens with one attached hydrogen (secondary N) is 2. The van der Waals surface area contributed by atoms with E-state index in [1.807, 2.05) is 18.2 Å². The molecule has 5 heteroatoms. The van der Waals surface area contributed by atoms with Gasteiger partial charge in [-0.15, -0.1) is 0 Å². The molecule has 0 radical (unpaired) electrons. The minimum absolute atomic E-state index is 0.586. The van der Waals surface area contributed by atoms with Gasteiger partial charge >= 0.3 is 0 Å². The van der Waals surface area contributed by atoms with Crippen molar-refractivity contribution in [2.75, 3.05) is 26.3 Å². The molecule has 1 aromatic heterocycles. The monoisotopic (exact) mass is 292 g/mol. The van der Waals surface area contributed by atoms with Gasteiger partial charge in [0.05, 0.1) is 12.2 Å². The average Bonchev–Trinajstić information content (AvgIpc) is 2.52. The summed E-state index contributed by atoms with van der Waals surface area (Å²) in [5, 5.41) is 6.55. The molecule has 0 saturated carbocycles. The van der Waals surface area contributed by atoms with Crippen LogP contribution >= 0.6 is 0 Å². The summed E-state index contributed by atoms with van der Waals surface area (Å²) in [5.74, 6) is 0.830. The van der Waals surface area contributed by atoms with Crippen LogP contribution in [0.4, 0.5) is 0 Å². The van der Waals surface area contributed by atoms with E-state index in [4.69, 9.17) is 4.74 Å². The Morgan fingerprint density at radius 1 is 1.19 bits per heavy atom. The van der Waals surface area contributed by atoms with E-state index >= 15 is 0 Å². The van der Waals surface area contributed by atoms with Gasteiger partial charge in [-0.3, -0.25) is 4.98 Å². The van der Waals surface area contributed by atoms with E-state index in [1.54, 1.807) is 6.20 Å². The van der Waals surface area contributed by atoms with Crippen LogP contribution in [-0.4, -0.2) is 37.2 Å². The Labute approximate surface area is 128 Å². The lowest BCUT2D eigenvalue weighted by molar-refractivity contribution is 0.129. The molecular weight excluding hydrogens is 264 g/mol. The van der Waals surface area contributed by atoms with Crippen molar-refractivity contribution >= 4 is 5.96 Å². The first kappa shape index (κ1) is 17.4.